The lowest BCUT2D eigenvalue weighted by atomic mass is 10.1. The Hall–Kier alpha value is -2.95. The van der Waals surface area contributed by atoms with E-state index in [0.717, 1.165) is 17.7 Å². The molecular weight excluding hydrogens is 300 g/mol. The van der Waals surface area contributed by atoms with Crippen LogP contribution in [0.5, 0.6) is 0 Å². The van der Waals surface area contributed by atoms with Crippen LogP contribution in [0.15, 0.2) is 61.2 Å². The van der Waals surface area contributed by atoms with Gasteiger partial charge in [0.1, 0.15) is 12.7 Å². The lowest BCUT2D eigenvalue weighted by molar-refractivity contribution is 0.0949. The van der Waals surface area contributed by atoms with Gasteiger partial charge in [-0.25, -0.2) is 9.67 Å². The normalized spacial score (nSPS) is 19.0. The number of nitrogens with one attached hydrogen (secondary N) is 1. The number of aryl methyl sites for hydroxylation is 1. The lowest BCUT2D eigenvalue weighted by Gasteiger charge is -2.09. The second-order valence-electron chi connectivity index (χ2n) is 6.17. The zero-order valence-corrected chi connectivity index (χ0v) is 13.4. The Morgan fingerprint density at radius 3 is 2.75 bits per heavy atom. The number of carbonyl (C=O) groups is 1. The molecule has 1 aliphatic carbocycles. The first kappa shape index (κ1) is 14.6. The third-order valence-corrected chi connectivity index (χ3v) is 4.47. The minimum Gasteiger partial charge on any atom is -0.349 e. The van der Waals surface area contributed by atoms with E-state index in [0.29, 0.717) is 11.5 Å². The summed E-state index contributed by atoms with van der Waals surface area (Å²) in [6.07, 6.45) is 4.14. The summed E-state index contributed by atoms with van der Waals surface area (Å²) >= 11 is 0. The van der Waals surface area contributed by atoms with E-state index in [1.807, 2.05) is 43.3 Å². The summed E-state index contributed by atoms with van der Waals surface area (Å²) in [7, 11) is 0. The molecule has 2 unspecified atom stereocenters. The molecule has 5 heteroatoms. The van der Waals surface area contributed by atoms with Crippen LogP contribution in [0.25, 0.3) is 5.69 Å². The molecular formula is C19H18N4O. The summed E-state index contributed by atoms with van der Waals surface area (Å²) in [6.45, 7) is 1.94. The molecule has 0 aliphatic heterocycles. The molecule has 1 N–H and O–H groups in total. The van der Waals surface area contributed by atoms with Gasteiger partial charge in [-0.05, 0) is 42.7 Å². The van der Waals surface area contributed by atoms with Crippen molar-refractivity contribution in [1.82, 2.24) is 20.1 Å². The van der Waals surface area contributed by atoms with Crippen molar-refractivity contribution in [3.05, 3.63) is 77.9 Å². The average molecular weight is 318 g/mol. The molecule has 2 aromatic carbocycles. The van der Waals surface area contributed by atoms with Gasteiger partial charge in [-0.1, -0.05) is 30.3 Å². The summed E-state index contributed by atoms with van der Waals surface area (Å²) in [5.41, 5.74) is 3.83. The monoisotopic (exact) mass is 318 g/mol. The highest BCUT2D eigenvalue weighted by molar-refractivity contribution is 5.96. The highest BCUT2D eigenvalue weighted by Gasteiger charge is 2.39. The molecule has 120 valence electrons. The van der Waals surface area contributed by atoms with E-state index in [2.05, 4.69) is 27.5 Å². The van der Waals surface area contributed by atoms with Crippen LogP contribution in [0.4, 0.5) is 0 Å². The minimum absolute atomic E-state index is 0.0129. The molecule has 1 fully saturated rings. The molecule has 1 aliphatic rings. The fraction of sp³-hybridized carbons (Fsp3) is 0.211. The van der Waals surface area contributed by atoms with E-state index in [1.165, 1.54) is 11.9 Å². The number of hydrogen-bond donors (Lipinski definition) is 1. The van der Waals surface area contributed by atoms with Crippen LogP contribution in [0.2, 0.25) is 0 Å². The number of amides is 1. The van der Waals surface area contributed by atoms with Crippen LogP contribution in [-0.2, 0) is 0 Å². The second kappa shape index (κ2) is 5.92. The van der Waals surface area contributed by atoms with Crippen molar-refractivity contribution in [1.29, 1.82) is 0 Å². The van der Waals surface area contributed by atoms with E-state index in [1.54, 1.807) is 11.0 Å². The third-order valence-electron chi connectivity index (χ3n) is 4.47. The molecule has 1 heterocycles. The number of aromatic nitrogens is 3. The topological polar surface area (TPSA) is 59.8 Å². The van der Waals surface area contributed by atoms with Crippen molar-refractivity contribution in [2.45, 2.75) is 25.3 Å². The van der Waals surface area contributed by atoms with Gasteiger partial charge in [0.2, 0.25) is 0 Å². The molecule has 1 amide bonds. The summed E-state index contributed by atoms with van der Waals surface area (Å²) in [5, 5.41) is 7.25. The van der Waals surface area contributed by atoms with E-state index < -0.39 is 0 Å². The second-order valence-corrected chi connectivity index (χ2v) is 6.17. The van der Waals surface area contributed by atoms with Crippen molar-refractivity contribution >= 4 is 5.91 Å². The summed E-state index contributed by atoms with van der Waals surface area (Å²) < 4.78 is 1.68. The van der Waals surface area contributed by atoms with Crippen LogP contribution in [0.1, 0.15) is 33.8 Å². The Kier molecular flexibility index (Phi) is 3.61. The van der Waals surface area contributed by atoms with E-state index in [4.69, 9.17) is 0 Å². The van der Waals surface area contributed by atoms with Crippen LogP contribution in [0, 0.1) is 6.92 Å². The van der Waals surface area contributed by atoms with Gasteiger partial charge in [0.25, 0.3) is 5.91 Å². The highest BCUT2D eigenvalue weighted by atomic mass is 16.1. The predicted molar refractivity (Wildman–Crippen MR) is 91.2 cm³/mol. The molecule has 5 nitrogen and oxygen atoms in total. The van der Waals surface area contributed by atoms with Gasteiger partial charge >= 0.3 is 0 Å². The quantitative estimate of drug-likeness (QED) is 0.804. The molecule has 0 bridgehead atoms. The van der Waals surface area contributed by atoms with E-state index in [9.17, 15) is 4.79 Å². The first-order chi connectivity index (χ1) is 11.7. The van der Waals surface area contributed by atoms with Crippen LogP contribution in [0.3, 0.4) is 0 Å². The number of rotatable bonds is 4. The van der Waals surface area contributed by atoms with Crippen molar-refractivity contribution in [2.24, 2.45) is 0 Å². The van der Waals surface area contributed by atoms with Crippen molar-refractivity contribution in [2.75, 3.05) is 0 Å². The number of nitrogens with zero attached hydrogens (tertiary/aromatic N) is 3. The van der Waals surface area contributed by atoms with Crippen molar-refractivity contribution in [3.63, 3.8) is 0 Å². The van der Waals surface area contributed by atoms with Gasteiger partial charge in [-0.2, -0.15) is 5.10 Å². The molecule has 24 heavy (non-hydrogen) atoms. The van der Waals surface area contributed by atoms with Crippen molar-refractivity contribution < 1.29 is 4.79 Å². The van der Waals surface area contributed by atoms with Gasteiger partial charge < -0.3 is 5.32 Å². The first-order valence-electron chi connectivity index (χ1n) is 8.04. The fourth-order valence-corrected chi connectivity index (χ4v) is 3.06. The number of hydrogen-bond acceptors (Lipinski definition) is 3. The van der Waals surface area contributed by atoms with Gasteiger partial charge in [0.15, 0.2) is 0 Å². The molecule has 4 rings (SSSR count). The van der Waals surface area contributed by atoms with Gasteiger partial charge in [0.05, 0.1) is 5.69 Å². The minimum atomic E-state index is -0.0129. The maximum Gasteiger partial charge on any atom is 0.251 e. The molecule has 1 saturated carbocycles. The molecule has 2 atom stereocenters. The lowest BCUT2D eigenvalue weighted by Crippen LogP contribution is -2.27. The highest BCUT2D eigenvalue weighted by Crippen LogP contribution is 2.40. The fourth-order valence-electron chi connectivity index (χ4n) is 3.06. The van der Waals surface area contributed by atoms with Crippen LogP contribution >= 0.6 is 0 Å². The summed E-state index contributed by atoms with van der Waals surface area (Å²) in [5.74, 6) is 0.422. The van der Waals surface area contributed by atoms with Gasteiger partial charge in [-0.15, -0.1) is 0 Å². The zero-order chi connectivity index (χ0) is 16.5. The smallest absolute Gasteiger partial charge is 0.251 e. The molecule has 1 aromatic heterocycles. The Bertz CT molecular complexity index is 858. The van der Waals surface area contributed by atoms with Crippen LogP contribution < -0.4 is 5.32 Å². The average Bonchev–Trinajstić information content (AvgIpc) is 3.14. The third kappa shape index (κ3) is 2.80. The molecule has 0 radical (unpaired) electrons. The zero-order valence-electron chi connectivity index (χ0n) is 13.4. The maximum atomic E-state index is 12.5. The molecule has 3 aromatic rings. The Morgan fingerprint density at radius 2 is 2.04 bits per heavy atom. The van der Waals surface area contributed by atoms with Gasteiger partial charge in [0, 0.05) is 17.5 Å². The van der Waals surface area contributed by atoms with Crippen LogP contribution in [-0.4, -0.2) is 26.7 Å². The Balaban J connectivity index is 1.46. The Morgan fingerprint density at radius 1 is 1.21 bits per heavy atom. The molecule has 0 spiro atoms. The van der Waals surface area contributed by atoms with Gasteiger partial charge in [-0.3, -0.25) is 4.79 Å². The summed E-state index contributed by atoms with van der Waals surface area (Å²) in [4.78, 5) is 16.5. The standard InChI is InChI=1S/C19H18N4O/c1-13-9-15(23-12-20-11-21-23)7-8-16(13)19(24)22-18-10-17(18)14-5-3-2-4-6-14/h2-9,11-12,17-18H,10H2,1H3,(H,22,24). The largest absolute Gasteiger partial charge is 0.349 e. The predicted octanol–water partition coefficient (Wildman–Crippen LogP) is 2.86. The first-order valence-corrected chi connectivity index (χ1v) is 8.04. The maximum absolute atomic E-state index is 12.5. The number of carbonyl (C=O) groups excluding carboxylic acids is 1. The van der Waals surface area contributed by atoms with Crippen molar-refractivity contribution in [3.8, 4) is 5.69 Å². The number of benzene rings is 2. The Labute approximate surface area is 140 Å². The summed E-state index contributed by atoms with van der Waals surface area (Å²) in [6, 6.07) is 16.3. The molecule has 0 saturated heterocycles. The van der Waals surface area contributed by atoms with E-state index >= 15 is 0 Å². The van der Waals surface area contributed by atoms with E-state index in [-0.39, 0.29) is 11.9 Å². The SMILES string of the molecule is Cc1cc(-n2cncn2)ccc1C(=O)NC1CC1c1ccccc1.